The number of hydrogen-bond donors (Lipinski definition) is 0. The smallest absolute Gasteiger partial charge is 0.338 e. The zero-order valence-electron chi connectivity index (χ0n) is 9.73. The van der Waals surface area contributed by atoms with Crippen LogP contribution in [0.5, 0.6) is 0 Å². The predicted molar refractivity (Wildman–Crippen MR) is 66.5 cm³/mol. The van der Waals surface area contributed by atoms with Gasteiger partial charge in [-0.25, -0.2) is 4.79 Å². The maximum atomic E-state index is 11.6. The van der Waals surface area contributed by atoms with Crippen molar-refractivity contribution in [2.24, 2.45) is 0 Å². The number of anilines is 1. The Hall–Kier alpha value is -1.49. The number of ether oxygens (including phenoxy) is 1. The van der Waals surface area contributed by atoms with E-state index in [0.717, 1.165) is 10.6 Å². The molecule has 5 heteroatoms. The molecule has 0 radical (unpaired) electrons. The van der Waals surface area contributed by atoms with Crippen molar-refractivity contribution in [2.75, 3.05) is 24.3 Å². The first-order chi connectivity index (χ1) is 8.13. The third kappa shape index (κ3) is 2.29. The predicted octanol–water partition coefficient (Wildman–Crippen LogP) is 1.93. The molecule has 0 atom stereocenters. The van der Waals surface area contributed by atoms with Crippen LogP contribution >= 0.6 is 11.8 Å². The SMILES string of the molecule is CCOC(=O)c1ccc2c(c1)N(C)C(=O)CS2. The minimum Gasteiger partial charge on any atom is -0.462 e. The average Bonchev–Trinajstić information content (AvgIpc) is 2.34. The van der Waals surface area contributed by atoms with E-state index in [-0.39, 0.29) is 11.9 Å². The lowest BCUT2D eigenvalue weighted by atomic mass is 10.2. The fourth-order valence-corrected chi connectivity index (χ4v) is 2.59. The molecule has 0 fully saturated rings. The number of nitrogens with zero attached hydrogens (tertiary/aromatic N) is 1. The highest BCUT2D eigenvalue weighted by molar-refractivity contribution is 8.00. The van der Waals surface area contributed by atoms with Crippen LogP contribution in [-0.4, -0.2) is 31.3 Å². The minimum absolute atomic E-state index is 0.0449. The topological polar surface area (TPSA) is 46.6 Å². The maximum absolute atomic E-state index is 11.6. The third-order valence-electron chi connectivity index (χ3n) is 2.56. The molecule has 4 nitrogen and oxygen atoms in total. The van der Waals surface area contributed by atoms with Crippen molar-refractivity contribution in [1.82, 2.24) is 0 Å². The zero-order valence-corrected chi connectivity index (χ0v) is 10.5. The number of carbonyl (C=O) groups excluding carboxylic acids is 2. The van der Waals surface area contributed by atoms with E-state index in [1.807, 2.05) is 6.07 Å². The summed E-state index contributed by atoms with van der Waals surface area (Å²) in [6.07, 6.45) is 0. The van der Waals surface area contributed by atoms with E-state index in [1.54, 1.807) is 31.0 Å². The van der Waals surface area contributed by atoms with Gasteiger partial charge < -0.3 is 9.64 Å². The summed E-state index contributed by atoms with van der Waals surface area (Å²) in [5, 5.41) is 0. The second-order valence-corrected chi connectivity index (χ2v) is 4.66. The first-order valence-electron chi connectivity index (χ1n) is 5.34. The van der Waals surface area contributed by atoms with Gasteiger partial charge >= 0.3 is 5.97 Å². The summed E-state index contributed by atoms with van der Waals surface area (Å²) in [5.74, 6) is 0.137. The molecule has 1 aromatic carbocycles. The monoisotopic (exact) mass is 251 g/mol. The number of fused-ring (bicyclic) bond motifs is 1. The molecule has 17 heavy (non-hydrogen) atoms. The maximum Gasteiger partial charge on any atom is 0.338 e. The molecule has 0 N–H and O–H groups in total. The minimum atomic E-state index is -0.355. The summed E-state index contributed by atoms with van der Waals surface area (Å²) in [7, 11) is 1.72. The molecule has 0 aromatic heterocycles. The first kappa shape index (κ1) is 12.0. The van der Waals surface area contributed by atoms with Crippen molar-refractivity contribution in [3.63, 3.8) is 0 Å². The molecule has 1 heterocycles. The standard InChI is InChI=1S/C12H13NO3S/c1-3-16-12(15)8-4-5-10-9(6-8)13(2)11(14)7-17-10/h4-6H,3,7H2,1-2H3. The van der Waals surface area contributed by atoms with Crippen molar-refractivity contribution in [3.8, 4) is 0 Å². The summed E-state index contributed by atoms with van der Waals surface area (Å²) < 4.78 is 4.93. The number of thioether (sulfide) groups is 1. The van der Waals surface area contributed by atoms with Gasteiger partial charge in [0.15, 0.2) is 0 Å². The summed E-state index contributed by atoms with van der Waals surface area (Å²) in [6.45, 7) is 2.11. The Labute approximate surface area is 104 Å². The van der Waals surface area contributed by atoms with Crippen LogP contribution in [0.1, 0.15) is 17.3 Å². The largest absolute Gasteiger partial charge is 0.462 e. The van der Waals surface area contributed by atoms with Gasteiger partial charge in [-0.15, -0.1) is 11.8 Å². The van der Waals surface area contributed by atoms with Crippen LogP contribution in [0.25, 0.3) is 0 Å². The highest BCUT2D eigenvalue weighted by Gasteiger charge is 2.22. The van der Waals surface area contributed by atoms with Gasteiger partial charge in [-0.05, 0) is 25.1 Å². The third-order valence-corrected chi connectivity index (χ3v) is 3.60. The molecule has 2 rings (SSSR count). The van der Waals surface area contributed by atoms with Crippen molar-refractivity contribution >= 4 is 29.3 Å². The molecule has 0 aliphatic carbocycles. The molecular weight excluding hydrogens is 238 g/mol. The summed E-state index contributed by atoms with van der Waals surface area (Å²) in [6, 6.07) is 5.29. The normalized spacial score (nSPS) is 14.5. The summed E-state index contributed by atoms with van der Waals surface area (Å²) in [4.78, 5) is 25.7. The van der Waals surface area contributed by atoms with E-state index in [0.29, 0.717) is 17.9 Å². The number of amides is 1. The van der Waals surface area contributed by atoms with Crippen LogP contribution in [0, 0.1) is 0 Å². The molecule has 1 aliphatic heterocycles. The van der Waals surface area contributed by atoms with Gasteiger partial charge in [0.05, 0.1) is 23.6 Å². The van der Waals surface area contributed by atoms with Crippen molar-refractivity contribution in [3.05, 3.63) is 23.8 Å². The van der Waals surface area contributed by atoms with E-state index in [2.05, 4.69) is 0 Å². The lowest BCUT2D eigenvalue weighted by Crippen LogP contribution is -2.31. The zero-order chi connectivity index (χ0) is 12.4. The molecule has 1 amide bonds. The Bertz CT molecular complexity index is 473. The highest BCUT2D eigenvalue weighted by atomic mass is 32.2. The quantitative estimate of drug-likeness (QED) is 0.753. The van der Waals surface area contributed by atoms with Crippen LogP contribution < -0.4 is 4.90 Å². The van der Waals surface area contributed by atoms with Gasteiger partial charge in [-0.2, -0.15) is 0 Å². The second-order valence-electron chi connectivity index (χ2n) is 3.64. The van der Waals surface area contributed by atoms with Crippen LogP contribution in [0.15, 0.2) is 23.1 Å². The Morgan fingerprint density at radius 1 is 1.53 bits per heavy atom. The molecule has 0 spiro atoms. The van der Waals surface area contributed by atoms with Crippen LogP contribution in [0.2, 0.25) is 0 Å². The molecule has 90 valence electrons. The molecule has 1 aliphatic rings. The van der Waals surface area contributed by atoms with Gasteiger partial charge in [0, 0.05) is 11.9 Å². The van der Waals surface area contributed by atoms with Crippen LogP contribution in [0.4, 0.5) is 5.69 Å². The molecule has 0 bridgehead atoms. The number of carbonyl (C=O) groups is 2. The van der Waals surface area contributed by atoms with E-state index in [4.69, 9.17) is 4.74 Å². The Morgan fingerprint density at radius 2 is 2.29 bits per heavy atom. The van der Waals surface area contributed by atoms with Gasteiger partial charge in [0.25, 0.3) is 0 Å². The van der Waals surface area contributed by atoms with Crippen molar-refractivity contribution < 1.29 is 14.3 Å². The Balaban J connectivity index is 2.35. The second kappa shape index (κ2) is 4.79. The molecule has 0 saturated heterocycles. The number of benzene rings is 1. The molecular formula is C12H13NO3S. The van der Waals surface area contributed by atoms with E-state index >= 15 is 0 Å². The lowest BCUT2D eigenvalue weighted by Gasteiger charge is -2.25. The summed E-state index contributed by atoms with van der Waals surface area (Å²) in [5.41, 5.74) is 1.25. The molecule has 1 aromatic rings. The summed E-state index contributed by atoms with van der Waals surface area (Å²) >= 11 is 1.49. The average molecular weight is 251 g/mol. The van der Waals surface area contributed by atoms with E-state index in [1.165, 1.54) is 11.8 Å². The van der Waals surface area contributed by atoms with Gasteiger partial charge in [-0.3, -0.25) is 4.79 Å². The van der Waals surface area contributed by atoms with Crippen LogP contribution in [-0.2, 0) is 9.53 Å². The Morgan fingerprint density at radius 3 is 3.00 bits per heavy atom. The fraction of sp³-hybridized carbons (Fsp3) is 0.333. The van der Waals surface area contributed by atoms with Crippen molar-refractivity contribution in [2.45, 2.75) is 11.8 Å². The fourth-order valence-electron chi connectivity index (χ4n) is 1.61. The first-order valence-corrected chi connectivity index (χ1v) is 6.32. The van der Waals surface area contributed by atoms with Gasteiger partial charge in [-0.1, -0.05) is 0 Å². The highest BCUT2D eigenvalue weighted by Crippen LogP contribution is 2.35. The number of esters is 1. The lowest BCUT2D eigenvalue weighted by molar-refractivity contribution is -0.116. The van der Waals surface area contributed by atoms with E-state index in [9.17, 15) is 9.59 Å². The van der Waals surface area contributed by atoms with Gasteiger partial charge in [0.2, 0.25) is 5.91 Å². The van der Waals surface area contributed by atoms with E-state index < -0.39 is 0 Å². The van der Waals surface area contributed by atoms with Gasteiger partial charge in [0.1, 0.15) is 0 Å². The van der Waals surface area contributed by atoms with Crippen molar-refractivity contribution in [1.29, 1.82) is 0 Å². The molecule has 0 unspecified atom stereocenters. The number of hydrogen-bond acceptors (Lipinski definition) is 4. The Kier molecular flexibility index (Phi) is 3.38. The molecule has 0 saturated carbocycles. The van der Waals surface area contributed by atoms with Crippen LogP contribution in [0.3, 0.4) is 0 Å². The number of rotatable bonds is 2.